The van der Waals surface area contributed by atoms with E-state index in [1.165, 1.54) is 22.6 Å². The minimum Gasteiger partial charge on any atom is -0.348 e. The van der Waals surface area contributed by atoms with Crippen LogP contribution in [0.2, 0.25) is 0 Å². The van der Waals surface area contributed by atoms with E-state index in [2.05, 4.69) is 56.9 Å². The number of benzene rings is 2. The molecule has 2 heterocycles. The highest BCUT2D eigenvalue weighted by Gasteiger charge is 2.31. The molecule has 1 aromatic heterocycles. The Labute approximate surface area is 187 Å². The van der Waals surface area contributed by atoms with E-state index in [1.54, 1.807) is 23.5 Å². The third kappa shape index (κ3) is 5.58. The molecule has 1 aliphatic heterocycles. The Balaban J connectivity index is 1.42. The van der Waals surface area contributed by atoms with Crippen LogP contribution in [0.1, 0.15) is 33.8 Å². The summed E-state index contributed by atoms with van der Waals surface area (Å²) in [5.41, 5.74) is 1.69. The second-order valence-electron chi connectivity index (χ2n) is 8.03. The number of rotatable bonds is 7. The van der Waals surface area contributed by atoms with Crippen LogP contribution in [0.25, 0.3) is 0 Å². The standard InChI is InChI=1S/C25H28FN3OS/c1-19(27-25(30)21-9-5-10-22(26)17-21)24(23-11-6-16-31-23)29-14-12-28(13-15-29)18-20-7-3-2-4-8-20/h2-11,16-17,19,24H,12-15,18H2,1H3,(H,27,30)/t19-,24-/m1/s1. The third-order valence-electron chi connectivity index (χ3n) is 5.80. The smallest absolute Gasteiger partial charge is 0.251 e. The number of piperazine rings is 1. The van der Waals surface area contributed by atoms with E-state index in [1.807, 2.05) is 13.0 Å². The quantitative estimate of drug-likeness (QED) is 0.588. The highest BCUT2D eigenvalue weighted by atomic mass is 32.1. The van der Waals surface area contributed by atoms with Gasteiger partial charge >= 0.3 is 0 Å². The number of amides is 1. The van der Waals surface area contributed by atoms with Crippen molar-refractivity contribution >= 4 is 17.2 Å². The van der Waals surface area contributed by atoms with Gasteiger partial charge in [-0.15, -0.1) is 11.3 Å². The summed E-state index contributed by atoms with van der Waals surface area (Å²) >= 11 is 1.72. The first-order valence-electron chi connectivity index (χ1n) is 10.7. The molecule has 1 aliphatic rings. The monoisotopic (exact) mass is 437 g/mol. The molecular formula is C25H28FN3OS. The van der Waals surface area contributed by atoms with Gasteiger partial charge in [-0.3, -0.25) is 14.6 Å². The zero-order chi connectivity index (χ0) is 21.6. The van der Waals surface area contributed by atoms with Crippen molar-refractivity contribution in [2.45, 2.75) is 25.6 Å². The van der Waals surface area contributed by atoms with Crippen LogP contribution in [0.4, 0.5) is 4.39 Å². The van der Waals surface area contributed by atoms with Crippen LogP contribution in [0.5, 0.6) is 0 Å². The maximum Gasteiger partial charge on any atom is 0.251 e. The molecule has 162 valence electrons. The van der Waals surface area contributed by atoms with Crippen LogP contribution in [0.3, 0.4) is 0 Å². The molecule has 4 nitrogen and oxygen atoms in total. The van der Waals surface area contributed by atoms with Crippen LogP contribution in [-0.4, -0.2) is 47.9 Å². The summed E-state index contributed by atoms with van der Waals surface area (Å²) in [6.07, 6.45) is 0. The molecule has 2 aromatic carbocycles. The SMILES string of the molecule is C[C@@H](NC(=O)c1cccc(F)c1)[C@H](c1cccs1)N1CCN(Cc2ccccc2)CC1. The van der Waals surface area contributed by atoms with Crippen LogP contribution in [0.15, 0.2) is 72.1 Å². The largest absolute Gasteiger partial charge is 0.348 e. The first kappa shape index (κ1) is 21.7. The summed E-state index contributed by atoms with van der Waals surface area (Å²) in [5.74, 6) is -0.638. The van der Waals surface area contributed by atoms with Crippen molar-refractivity contribution in [3.8, 4) is 0 Å². The predicted molar refractivity (Wildman–Crippen MR) is 124 cm³/mol. The lowest BCUT2D eigenvalue weighted by Crippen LogP contribution is -2.52. The van der Waals surface area contributed by atoms with E-state index in [-0.39, 0.29) is 18.0 Å². The molecule has 0 radical (unpaired) electrons. The number of thiophene rings is 1. The molecule has 0 unspecified atom stereocenters. The molecule has 3 aromatic rings. The molecule has 4 rings (SSSR count). The number of hydrogen-bond acceptors (Lipinski definition) is 4. The summed E-state index contributed by atoms with van der Waals surface area (Å²) in [4.78, 5) is 18.9. The maximum absolute atomic E-state index is 13.5. The highest BCUT2D eigenvalue weighted by molar-refractivity contribution is 7.10. The predicted octanol–water partition coefficient (Wildman–Crippen LogP) is 4.56. The summed E-state index contributed by atoms with van der Waals surface area (Å²) in [6, 6.07) is 20.6. The zero-order valence-electron chi connectivity index (χ0n) is 17.7. The molecule has 1 N–H and O–H groups in total. The molecule has 31 heavy (non-hydrogen) atoms. The average Bonchev–Trinajstić information content (AvgIpc) is 3.30. The molecule has 1 amide bonds. The lowest BCUT2D eigenvalue weighted by atomic mass is 10.0. The summed E-state index contributed by atoms with van der Waals surface area (Å²) < 4.78 is 13.5. The Morgan fingerprint density at radius 2 is 1.81 bits per heavy atom. The lowest BCUT2D eigenvalue weighted by Gasteiger charge is -2.41. The first-order chi connectivity index (χ1) is 15.1. The number of halogens is 1. The Kier molecular flexibility index (Phi) is 7.12. The van der Waals surface area contributed by atoms with E-state index in [9.17, 15) is 9.18 Å². The van der Waals surface area contributed by atoms with Crippen molar-refractivity contribution in [1.82, 2.24) is 15.1 Å². The van der Waals surface area contributed by atoms with Crippen molar-refractivity contribution < 1.29 is 9.18 Å². The molecule has 0 aliphatic carbocycles. The maximum atomic E-state index is 13.5. The molecule has 1 saturated heterocycles. The number of nitrogens with zero attached hydrogens (tertiary/aromatic N) is 2. The highest BCUT2D eigenvalue weighted by Crippen LogP contribution is 2.29. The summed E-state index contributed by atoms with van der Waals surface area (Å²) in [7, 11) is 0. The molecule has 0 spiro atoms. The Morgan fingerprint density at radius 1 is 1.03 bits per heavy atom. The molecular weight excluding hydrogens is 409 g/mol. The normalized spacial score (nSPS) is 17.2. The zero-order valence-corrected chi connectivity index (χ0v) is 18.5. The van der Waals surface area contributed by atoms with Gasteiger partial charge in [0.15, 0.2) is 0 Å². The van der Waals surface area contributed by atoms with Gasteiger partial charge in [0.25, 0.3) is 5.91 Å². The van der Waals surface area contributed by atoms with Gasteiger partial charge in [-0.05, 0) is 42.1 Å². The molecule has 0 saturated carbocycles. The van der Waals surface area contributed by atoms with Crippen molar-refractivity contribution in [3.05, 3.63) is 93.9 Å². The van der Waals surface area contributed by atoms with Crippen LogP contribution in [-0.2, 0) is 6.54 Å². The Hall–Kier alpha value is -2.54. The minimum atomic E-state index is -0.398. The van der Waals surface area contributed by atoms with Crippen molar-refractivity contribution in [1.29, 1.82) is 0 Å². The number of carbonyl (C=O) groups is 1. The minimum absolute atomic E-state index is 0.0939. The molecule has 1 fully saturated rings. The molecule has 0 bridgehead atoms. The van der Waals surface area contributed by atoms with Crippen molar-refractivity contribution in [2.75, 3.05) is 26.2 Å². The van der Waals surface area contributed by atoms with Crippen LogP contribution < -0.4 is 5.32 Å². The Bertz CT molecular complexity index is 971. The second kappa shape index (κ2) is 10.2. The van der Waals surface area contributed by atoms with E-state index in [0.717, 1.165) is 32.7 Å². The fourth-order valence-electron chi connectivity index (χ4n) is 4.24. The van der Waals surface area contributed by atoms with Gasteiger partial charge in [-0.25, -0.2) is 4.39 Å². The van der Waals surface area contributed by atoms with Gasteiger partial charge < -0.3 is 5.32 Å². The van der Waals surface area contributed by atoms with Gasteiger partial charge in [0, 0.05) is 49.2 Å². The fourth-order valence-corrected chi connectivity index (χ4v) is 5.21. The first-order valence-corrected chi connectivity index (χ1v) is 11.6. The summed E-state index contributed by atoms with van der Waals surface area (Å²) in [5, 5.41) is 5.18. The van der Waals surface area contributed by atoms with E-state index >= 15 is 0 Å². The van der Waals surface area contributed by atoms with Crippen molar-refractivity contribution in [2.24, 2.45) is 0 Å². The Morgan fingerprint density at radius 3 is 2.48 bits per heavy atom. The van der Waals surface area contributed by atoms with Gasteiger partial charge in [-0.2, -0.15) is 0 Å². The topological polar surface area (TPSA) is 35.6 Å². The molecule has 2 atom stereocenters. The molecule has 6 heteroatoms. The van der Waals surface area contributed by atoms with Crippen molar-refractivity contribution in [3.63, 3.8) is 0 Å². The van der Waals surface area contributed by atoms with Crippen LogP contribution in [0, 0.1) is 5.82 Å². The average molecular weight is 438 g/mol. The van der Waals surface area contributed by atoms with Gasteiger partial charge in [0.1, 0.15) is 5.82 Å². The number of hydrogen-bond donors (Lipinski definition) is 1. The third-order valence-corrected chi connectivity index (χ3v) is 6.75. The van der Waals surface area contributed by atoms with E-state index in [4.69, 9.17) is 0 Å². The second-order valence-corrected chi connectivity index (χ2v) is 9.01. The van der Waals surface area contributed by atoms with Gasteiger partial charge in [-0.1, -0.05) is 42.5 Å². The number of nitrogens with one attached hydrogen (secondary N) is 1. The fraction of sp³-hybridized carbons (Fsp3) is 0.320. The van der Waals surface area contributed by atoms with Gasteiger partial charge in [0.2, 0.25) is 0 Å². The van der Waals surface area contributed by atoms with E-state index < -0.39 is 5.82 Å². The van der Waals surface area contributed by atoms with Crippen LogP contribution >= 0.6 is 11.3 Å². The number of carbonyl (C=O) groups excluding carboxylic acids is 1. The summed E-state index contributed by atoms with van der Waals surface area (Å²) in [6.45, 7) is 6.86. The van der Waals surface area contributed by atoms with Gasteiger partial charge in [0.05, 0.1) is 6.04 Å². The lowest BCUT2D eigenvalue weighted by molar-refractivity contribution is 0.0714. The van der Waals surface area contributed by atoms with E-state index in [0.29, 0.717) is 5.56 Å².